The van der Waals surface area contributed by atoms with E-state index in [9.17, 15) is 9.90 Å². The molecular weight excluding hydrogens is 351 g/mol. The lowest BCUT2D eigenvalue weighted by Crippen LogP contribution is -2.38. The van der Waals surface area contributed by atoms with Gasteiger partial charge in [0.1, 0.15) is 0 Å². The van der Waals surface area contributed by atoms with Crippen LogP contribution in [0.2, 0.25) is 10.0 Å². The van der Waals surface area contributed by atoms with Gasteiger partial charge in [0.2, 0.25) is 5.69 Å². The van der Waals surface area contributed by atoms with Gasteiger partial charge >= 0.3 is 5.69 Å². The zero-order valence-corrected chi connectivity index (χ0v) is 13.7. The quantitative estimate of drug-likeness (QED) is 0.406. The lowest BCUT2D eigenvalue weighted by atomic mass is 10.1. The van der Waals surface area contributed by atoms with E-state index in [0.717, 1.165) is 0 Å². The molecule has 0 atom stereocenters. The number of aromatic nitrogens is 2. The van der Waals surface area contributed by atoms with Crippen molar-refractivity contribution in [3.63, 3.8) is 0 Å². The Hall–Kier alpha value is -2.63. The number of carbonyl (C=O) groups excluding carboxylic acids is 1. The number of ketones is 1. The molecule has 0 unspecified atom stereocenters. The number of para-hydroxylation sites is 1. The highest BCUT2D eigenvalue weighted by molar-refractivity contribution is 6.35. The van der Waals surface area contributed by atoms with Crippen LogP contribution >= 0.6 is 23.2 Å². The molecule has 0 aliphatic rings. The lowest BCUT2D eigenvalue weighted by Gasteiger charge is -1.98. The van der Waals surface area contributed by atoms with Crippen molar-refractivity contribution in [2.45, 2.75) is 0 Å². The van der Waals surface area contributed by atoms with Crippen LogP contribution in [0.25, 0.3) is 11.8 Å². The van der Waals surface area contributed by atoms with Crippen LogP contribution in [-0.4, -0.2) is 11.1 Å². The summed E-state index contributed by atoms with van der Waals surface area (Å²) in [6.45, 7) is 0. The van der Waals surface area contributed by atoms with E-state index in [1.54, 1.807) is 42.5 Å². The highest BCUT2D eigenvalue weighted by Crippen LogP contribution is 2.22. The predicted molar refractivity (Wildman–Crippen MR) is 87.3 cm³/mol. The Bertz CT molecular complexity index is 921. The van der Waals surface area contributed by atoms with E-state index in [0.29, 0.717) is 21.3 Å². The summed E-state index contributed by atoms with van der Waals surface area (Å²) in [7, 11) is 0. The third kappa shape index (κ3) is 3.32. The van der Waals surface area contributed by atoms with E-state index in [-0.39, 0.29) is 5.69 Å². The second-order valence-electron chi connectivity index (χ2n) is 4.82. The first-order valence-electron chi connectivity index (χ1n) is 6.88. The van der Waals surface area contributed by atoms with Crippen molar-refractivity contribution < 1.29 is 19.1 Å². The van der Waals surface area contributed by atoms with Gasteiger partial charge in [-0.15, -0.1) is 0 Å². The molecule has 0 aliphatic heterocycles. The second kappa shape index (κ2) is 6.86. The Morgan fingerprint density at radius 3 is 2.62 bits per heavy atom. The van der Waals surface area contributed by atoms with Crippen LogP contribution in [0.3, 0.4) is 0 Å². The first-order chi connectivity index (χ1) is 11.6. The maximum absolute atomic E-state index is 12.4. The first-order valence-corrected chi connectivity index (χ1v) is 7.64. The Morgan fingerprint density at radius 2 is 1.92 bits per heavy atom. The van der Waals surface area contributed by atoms with E-state index in [1.807, 2.05) is 6.07 Å². The maximum Gasteiger partial charge on any atom is 0.310 e. The monoisotopic (exact) mass is 360 g/mol. The van der Waals surface area contributed by atoms with Crippen LogP contribution in [-0.2, 0) is 0 Å². The number of allylic oxidation sites excluding steroid dienone is 1. The fourth-order valence-electron chi connectivity index (χ4n) is 2.08. The topological polar surface area (TPSA) is 70.0 Å². The summed E-state index contributed by atoms with van der Waals surface area (Å²) in [6, 6.07) is 13.6. The Balaban J connectivity index is 1.94. The molecule has 5 nitrogen and oxygen atoms in total. The van der Waals surface area contributed by atoms with Gasteiger partial charge in [-0.1, -0.05) is 47.5 Å². The highest BCUT2D eigenvalue weighted by Gasteiger charge is 2.25. The molecule has 3 aromatic rings. The van der Waals surface area contributed by atoms with E-state index in [4.69, 9.17) is 23.2 Å². The van der Waals surface area contributed by atoms with Gasteiger partial charge in [0.25, 0.3) is 5.78 Å². The molecule has 0 spiro atoms. The largest absolute Gasteiger partial charge is 0.539 e. The van der Waals surface area contributed by atoms with Crippen molar-refractivity contribution in [3.8, 4) is 11.6 Å². The minimum Gasteiger partial charge on any atom is -0.539 e. The molecule has 120 valence electrons. The molecule has 0 bridgehead atoms. The van der Waals surface area contributed by atoms with E-state index < -0.39 is 11.7 Å². The van der Waals surface area contributed by atoms with Gasteiger partial charge in [-0.2, -0.15) is 0 Å². The minimum absolute atomic E-state index is 0.192. The van der Waals surface area contributed by atoms with Crippen LogP contribution in [0.15, 0.2) is 59.1 Å². The first kappa shape index (κ1) is 16.2. The van der Waals surface area contributed by atoms with Crippen molar-refractivity contribution in [3.05, 3.63) is 75.9 Å². The number of benzene rings is 2. The van der Waals surface area contributed by atoms with Crippen LogP contribution in [0, 0.1) is 0 Å². The van der Waals surface area contributed by atoms with E-state index in [1.165, 1.54) is 16.8 Å². The Morgan fingerprint density at radius 1 is 1.17 bits per heavy atom. The molecule has 0 amide bonds. The number of rotatable bonds is 4. The smallest absolute Gasteiger partial charge is 0.310 e. The van der Waals surface area contributed by atoms with Gasteiger partial charge in [-0.25, -0.2) is 0 Å². The molecule has 7 heteroatoms. The van der Waals surface area contributed by atoms with Gasteiger partial charge in [0.05, 0.1) is 5.27 Å². The van der Waals surface area contributed by atoms with Gasteiger partial charge in [-0.05, 0) is 34.5 Å². The number of nitrogens with zero attached hydrogens (tertiary/aromatic N) is 2. The molecule has 0 fully saturated rings. The Kier molecular flexibility index (Phi) is 4.64. The summed E-state index contributed by atoms with van der Waals surface area (Å²) in [5.41, 5.74) is 0.955. The van der Waals surface area contributed by atoms with Gasteiger partial charge in [0.15, 0.2) is 5.95 Å². The van der Waals surface area contributed by atoms with E-state index in [2.05, 4.69) is 9.79 Å². The van der Waals surface area contributed by atoms with Crippen LogP contribution < -0.4 is 9.79 Å². The molecule has 1 aromatic heterocycles. The summed E-state index contributed by atoms with van der Waals surface area (Å²) in [6.07, 6.45) is 2.74. The zero-order chi connectivity index (χ0) is 17.1. The van der Waals surface area contributed by atoms with Gasteiger partial charge in [0, 0.05) is 22.2 Å². The molecular formula is C17H10Cl2N2O3. The maximum atomic E-state index is 12.4. The SMILES string of the molecule is O=C(/C=C/c1ccc(Cl)cc1Cl)c1c([O-])on[n+]1-c1ccccc1. The fraction of sp³-hybridized carbons (Fsp3) is 0. The molecule has 0 N–H and O–H groups in total. The van der Waals surface area contributed by atoms with Crippen molar-refractivity contribution >= 4 is 35.1 Å². The third-order valence-corrected chi connectivity index (χ3v) is 3.78. The van der Waals surface area contributed by atoms with Crippen LogP contribution in [0.5, 0.6) is 5.95 Å². The van der Waals surface area contributed by atoms with Crippen molar-refractivity contribution in [1.29, 1.82) is 0 Å². The molecule has 0 saturated carbocycles. The summed E-state index contributed by atoms with van der Waals surface area (Å²) in [5.74, 6) is -1.35. The zero-order valence-electron chi connectivity index (χ0n) is 12.1. The summed E-state index contributed by atoms with van der Waals surface area (Å²) in [5, 5.41) is 16.3. The highest BCUT2D eigenvalue weighted by atomic mass is 35.5. The fourth-order valence-corrected chi connectivity index (χ4v) is 2.55. The normalized spacial score (nSPS) is 11.1. The van der Waals surface area contributed by atoms with E-state index >= 15 is 0 Å². The molecule has 0 saturated heterocycles. The third-order valence-electron chi connectivity index (χ3n) is 3.22. The lowest BCUT2D eigenvalue weighted by molar-refractivity contribution is -0.672. The number of hydrogen-bond donors (Lipinski definition) is 0. The molecule has 2 aromatic carbocycles. The van der Waals surface area contributed by atoms with Crippen LogP contribution in [0.1, 0.15) is 16.1 Å². The van der Waals surface area contributed by atoms with Gasteiger partial charge < -0.3 is 9.63 Å². The standard InChI is InChI=1S/C17H10Cl2N2O3/c18-12-8-6-11(14(19)10-12)7-9-15(22)16-17(23)24-20-21(16)13-4-2-1-3-5-13/h1-10H/b9-7+. The Labute approximate surface area is 147 Å². The van der Waals surface area contributed by atoms with Crippen molar-refractivity contribution in [2.24, 2.45) is 0 Å². The minimum atomic E-state index is -0.810. The van der Waals surface area contributed by atoms with Gasteiger partial charge in [-0.3, -0.25) is 4.79 Å². The summed E-state index contributed by atoms with van der Waals surface area (Å²) < 4.78 is 5.79. The number of halogens is 2. The van der Waals surface area contributed by atoms with Crippen LogP contribution in [0.4, 0.5) is 0 Å². The molecule has 1 heterocycles. The molecule has 0 radical (unpaired) electrons. The molecule has 3 rings (SSSR count). The molecule has 0 aliphatic carbocycles. The summed E-state index contributed by atoms with van der Waals surface area (Å²) >= 11 is 11.9. The number of carbonyl (C=O) groups is 1. The molecule has 24 heavy (non-hydrogen) atoms. The average molecular weight is 361 g/mol. The second-order valence-corrected chi connectivity index (χ2v) is 5.66. The average Bonchev–Trinajstić information content (AvgIpc) is 2.96. The predicted octanol–water partition coefficient (Wildman–Crippen LogP) is 3.23. The number of hydrogen-bond acceptors (Lipinski definition) is 4. The summed E-state index contributed by atoms with van der Waals surface area (Å²) in [4.78, 5) is 12.4. The van der Waals surface area contributed by atoms with Crippen molar-refractivity contribution in [1.82, 2.24) is 5.27 Å². The van der Waals surface area contributed by atoms with Crippen molar-refractivity contribution in [2.75, 3.05) is 0 Å².